The maximum Gasteiger partial charge on any atom is 0.229 e. The Morgan fingerprint density at radius 1 is 1.13 bits per heavy atom. The molecule has 1 aliphatic rings. The van der Waals surface area contributed by atoms with Gasteiger partial charge in [-0.2, -0.15) is 0 Å². The molecule has 2 aromatic carbocycles. The summed E-state index contributed by atoms with van der Waals surface area (Å²) in [6, 6.07) is 17.5. The van der Waals surface area contributed by atoms with Crippen molar-refractivity contribution in [1.82, 2.24) is 4.90 Å². The zero-order valence-corrected chi connectivity index (χ0v) is 14.7. The number of carbonyl (C=O) groups excluding carboxylic acids is 2. The molecule has 0 unspecified atom stereocenters. The summed E-state index contributed by atoms with van der Waals surface area (Å²) < 4.78 is 1.12. The lowest BCUT2D eigenvalue weighted by Crippen LogP contribution is -2.28. The summed E-state index contributed by atoms with van der Waals surface area (Å²) in [6.45, 7) is 1.04. The van der Waals surface area contributed by atoms with Crippen LogP contribution in [0.25, 0.3) is 0 Å². The molecule has 0 spiro atoms. The van der Waals surface area contributed by atoms with E-state index in [-0.39, 0.29) is 24.2 Å². The van der Waals surface area contributed by atoms with E-state index in [9.17, 15) is 9.59 Å². The Balaban J connectivity index is 1.60. The number of likely N-dealkylation sites (tertiary alicyclic amines) is 1. The molecule has 0 radical (unpaired) electrons. The van der Waals surface area contributed by atoms with Crippen LogP contribution in [0.3, 0.4) is 0 Å². The van der Waals surface area contributed by atoms with Gasteiger partial charge in [-0.15, -0.1) is 0 Å². The second-order valence-electron chi connectivity index (χ2n) is 5.66. The average Bonchev–Trinajstić information content (AvgIpc) is 2.92. The maximum atomic E-state index is 12.4. The zero-order chi connectivity index (χ0) is 16.2. The fourth-order valence-corrected chi connectivity index (χ4v) is 3.04. The normalized spacial score (nSPS) is 17.3. The van der Waals surface area contributed by atoms with Gasteiger partial charge in [0.15, 0.2) is 0 Å². The third kappa shape index (κ3) is 4.10. The van der Waals surface area contributed by atoms with Crippen molar-refractivity contribution >= 4 is 40.1 Å². The molecule has 0 bridgehead atoms. The molecular weight excluding hydrogens is 403 g/mol. The lowest BCUT2D eigenvalue weighted by Gasteiger charge is -2.16. The van der Waals surface area contributed by atoms with Gasteiger partial charge in [0, 0.05) is 28.8 Å². The monoisotopic (exact) mass is 420 g/mol. The van der Waals surface area contributed by atoms with Gasteiger partial charge in [0.25, 0.3) is 0 Å². The van der Waals surface area contributed by atoms with Crippen molar-refractivity contribution in [1.29, 1.82) is 0 Å². The highest BCUT2D eigenvalue weighted by Crippen LogP contribution is 2.22. The van der Waals surface area contributed by atoms with Crippen LogP contribution in [0.1, 0.15) is 12.0 Å². The molecule has 2 amide bonds. The number of rotatable bonds is 4. The van der Waals surface area contributed by atoms with E-state index in [0.29, 0.717) is 13.1 Å². The van der Waals surface area contributed by atoms with Crippen molar-refractivity contribution in [3.8, 4) is 0 Å². The standard InChI is InChI=1S/C18H17IN2O2/c19-15-6-8-16(9-7-15)20-18(23)14-10-17(22)21(12-14)11-13-4-2-1-3-5-13/h1-9,14H,10-12H2,(H,20,23)/t14-/m1/s1. The SMILES string of the molecule is O=C(Nc1ccc(I)cc1)[C@@H]1CC(=O)N(Cc2ccccc2)C1. The Morgan fingerprint density at radius 3 is 2.52 bits per heavy atom. The fraction of sp³-hybridized carbons (Fsp3) is 0.222. The molecule has 2 aromatic rings. The van der Waals surface area contributed by atoms with Crippen molar-refractivity contribution in [2.45, 2.75) is 13.0 Å². The molecule has 118 valence electrons. The number of halogens is 1. The summed E-state index contributed by atoms with van der Waals surface area (Å²) in [4.78, 5) is 26.2. The lowest BCUT2D eigenvalue weighted by molar-refractivity contribution is -0.128. The van der Waals surface area contributed by atoms with E-state index < -0.39 is 0 Å². The number of anilines is 1. The number of hydrogen-bond acceptors (Lipinski definition) is 2. The number of hydrogen-bond donors (Lipinski definition) is 1. The van der Waals surface area contributed by atoms with Crippen molar-refractivity contribution in [2.24, 2.45) is 5.92 Å². The van der Waals surface area contributed by atoms with Gasteiger partial charge < -0.3 is 10.2 Å². The third-order valence-electron chi connectivity index (χ3n) is 3.91. The van der Waals surface area contributed by atoms with E-state index in [1.54, 1.807) is 4.90 Å². The van der Waals surface area contributed by atoms with Crippen LogP contribution in [0.2, 0.25) is 0 Å². The highest BCUT2D eigenvalue weighted by molar-refractivity contribution is 14.1. The highest BCUT2D eigenvalue weighted by Gasteiger charge is 2.34. The predicted octanol–water partition coefficient (Wildman–Crippen LogP) is 3.28. The highest BCUT2D eigenvalue weighted by atomic mass is 127. The Kier molecular flexibility index (Phi) is 4.95. The van der Waals surface area contributed by atoms with E-state index in [4.69, 9.17) is 0 Å². The van der Waals surface area contributed by atoms with E-state index in [0.717, 1.165) is 14.8 Å². The first-order chi connectivity index (χ1) is 11.1. The summed E-state index contributed by atoms with van der Waals surface area (Å²) in [5.41, 5.74) is 1.85. The molecule has 1 saturated heterocycles. The van der Waals surface area contributed by atoms with Gasteiger partial charge in [-0.25, -0.2) is 0 Å². The van der Waals surface area contributed by atoms with Crippen LogP contribution in [-0.4, -0.2) is 23.3 Å². The van der Waals surface area contributed by atoms with Crippen LogP contribution >= 0.6 is 22.6 Å². The van der Waals surface area contributed by atoms with Crippen LogP contribution in [-0.2, 0) is 16.1 Å². The van der Waals surface area contributed by atoms with Crippen LogP contribution in [0.5, 0.6) is 0 Å². The van der Waals surface area contributed by atoms with Crippen LogP contribution in [0.15, 0.2) is 54.6 Å². The summed E-state index contributed by atoms with van der Waals surface area (Å²) >= 11 is 2.22. The minimum atomic E-state index is -0.287. The van der Waals surface area contributed by atoms with Crippen molar-refractivity contribution in [3.63, 3.8) is 0 Å². The van der Waals surface area contributed by atoms with Gasteiger partial charge in [0.05, 0.1) is 5.92 Å². The molecule has 23 heavy (non-hydrogen) atoms. The molecule has 1 aliphatic heterocycles. The van der Waals surface area contributed by atoms with Crippen molar-refractivity contribution < 1.29 is 9.59 Å². The second kappa shape index (κ2) is 7.12. The van der Waals surface area contributed by atoms with Gasteiger partial charge >= 0.3 is 0 Å². The number of benzene rings is 2. The Labute approximate surface area is 149 Å². The number of carbonyl (C=O) groups is 2. The zero-order valence-electron chi connectivity index (χ0n) is 12.5. The molecule has 4 nitrogen and oxygen atoms in total. The first kappa shape index (κ1) is 16.0. The summed E-state index contributed by atoms with van der Waals surface area (Å²) in [7, 11) is 0. The minimum absolute atomic E-state index is 0.0385. The van der Waals surface area contributed by atoms with Crippen LogP contribution in [0, 0.1) is 9.49 Å². The molecule has 0 aromatic heterocycles. The lowest BCUT2D eigenvalue weighted by atomic mass is 10.1. The minimum Gasteiger partial charge on any atom is -0.338 e. The van der Waals surface area contributed by atoms with Crippen molar-refractivity contribution in [3.05, 3.63) is 63.7 Å². The summed E-state index contributed by atoms with van der Waals surface area (Å²) in [5, 5.41) is 2.89. The summed E-state index contributed by atoms with van der Waals surface area (Å²) in [6.07, 6.45) is 0.281. The molecule has 1 fully saturated rings. The van der Waals surface area contributed by atoms with Gasteiger partial charge in [-0.3, -0.25) is 9.59 Å². The summed E-state index contributed by atoms with van der Waals surface area (Å²) in [5.74, 6) is -0.336. The third-order valence-corrected chi connectivity index (χ3v) is 4.63. The van der Waals surface area contributed by atoms with E-state index in [1.165, 1.54) is 0 Å². The van der Waals surface area contributed by atoms with E-state index in [2.05, 4.69) is 27.9 Å². The van der Waals surface area contributed by atoms with E-state index >= 15 is 0 Å². The van der Waals surface area contributed by atoms with Gasteiger partial charge in [0.1, 0.15) is 0 Å². The second-order valence-corrected chi connectivity index (χ2v) is 6.90. The number of amides is 2. The molecule has 0 aliphatic carbocycles. The van der Waals surface area contributed by atoms with Gasteiger partial charge in [-0.1, -0.05) is 30.3 Å². The Hall–Kier alpha value is -1.89. The molecule has 0 saturated carbocycles. The number of nitrogens with one attached hydrogen (secondary N) is 1. The average molecular weight is 420 g/mol. The number of nitrogens with zero attached hydrogens (tertiary/aromatic N) is 1. The smallest absolute Gasteiger partial charge is 0.229 e. The molecule has 1 atom stereocenters. The maximum absolute atomic E-state index is 12.4. The molecular formula is C18H17IN2O2. The first-order valence-corrected chi connectivity index (χ1v) is 8.58. The van der Waals surface area contributed by atoms with Gasteiger partial charge in [0.2, 0.25) is 11.8 Å². The topological polar surface area (TPSA) is 49.4 Å². The quantitative estimate of drug-likeness (QED) is 0.773. The molecule has 5 heteroatoms. The molecule has 3 rings (SSSR count). The van der Waals surface area contributed by atoms with Crippen molar-refractivity contribution in [2.75, 3.05) is 11.9 Å². The Morgan fingerprint density at radius 2 is 1.83 bits per heavy atom. The molecule has 1 N–H and O–H groups in total. The Bertz CT molecular complexity index is 701. The largest absolute Gasteiger partial charge is 0.338 e. The van der Waals surface area contributed by atoms with Crippen LogP contribution < -0.4 is 5.32 Å². The van der Waals surface area contributed by atoms with Gasteiger partial charge in [-0.05, 0) is 52.4 Å². The molecule has 1 heterocycles. The predicted molar refractivity (Wildman–Crippen MR) is 97.8 cm³/mol. The van der Waals surface area contributed by atoms with Crippen LogP contribution in [0.4, 0.5) is 5.69 Å². The van der Waals surface area contributed by atoms with E-state index in [1.807, 2.05) is 54.6 Å². The fourth-order valence-electron chi connectivity index (χ4n) is 2.68. The first-order valence-electron chi connectivity index (χ1n) is 7.50.